The lowest BCUT2D eigenvalue weighted by Gasteiger charge is -2.27. The summed E-state index contributed by atoms with van der Waals surface area (Å²) >= 11 is 5.94. The van der Waals surface area contributed by atoms with Crippen LogP contribution in [0.2, 0.25) is 5.02 Å². The first kappa shape index (κ1) is 20.7. The van der Waals surface area contributed by atoms with Crippen LogP contribution >= 0.6 is 11.6 Å². The zero-order valence-corrected chi connectivity index (χ0v) is 18.2. The second-order valence-electron chi connectivity index (χ2n) is 7.82. The zero-order valence-electron chi connectivity index (χ0n) is 17.5. The number of carbonyl (C=O) groups excluding carboxylic acids is 1. The second-order valence-corrected chi connectivity index (χ2v) is 8.25. The lowest BCUT2D eigenvalue weighted by Crippen LogP contribution is -2.42. The van der Waals surface area contributed by atoms with Gasteiger partial charge >= 0.3 is 0 Å². The van der Waals surface area contributed by atoms with Crippen molar-refractivity contribution in [2.24, 2.45) is 0 Å². The van der Waals surface area contributed by atoms with Gasteiger partial charge in [-0.3, -0.25) is 9.69 Å². The highest BCUT2D eigenvalue weighted by Crippen LogP contribution is 2.32. The lowest BCUT2D eigenvalue weighted by molar-refractivity contribution is 0.102. The molecule has 0 radical (unpaired) electrons. The summed E-state index contributed by atoms with van der Waals surface area (Å²) in [5.74, 6) is 0.268. The molecule has 2 heterocycles. The SMILES string of the molecule is O=C(Nc1ccccc1-c1nc2cccc(CN3CCNCC3)c2o1)c1ccc(Cl)cc1. The standard InChI is InChI=1S/C25H23ClN4O2/c26-19-10-8-17(9-11-19)24(31)28-21-6-2-1-5-20(21)25-29-22-7-3-4-18(23(22)32-25)16-30-14-12-27-13-15-30/h1-11,27H,12-16H2,(H,28,31). The maximum atomic E-state index is 12.7. The van der Waals surface area contributed by atoms with E-state index in [0.29, 0.717) is 22.2 Å². The van der Waals surface area contributed by atoms with Crippen LogP contribution in [0.15, 0.2) is 71.1 Å². The van der Waals surface area contributed by atoms with Crippen molar-refractivity contribution in [2.45, 2.75) is 6.54 Å². The Bertz CT molecular complexity index is 1250. The number of nitrogens with zero attached hydrogens (tertiary/aromatic N) is 2. The van der Waals surface area contributed by atoms with Crippen molar-refractivity contribution in [3.8, 4) is 11.5 Å². The molecule has 1 saturated heterocycles. The number of carbonyl (C=O) groups is 1. The third-order valence-corrected chi connectivity index (χ3v) is 5.86. The summed E-state index contributed by atoms with van der Waals surface area (Å²) in [4.78, 5) is 19.9. The van der Waals surface area contributed by atoms with Gasteiger partial charge in [-0.15, -0.1) is 0 Å². The number of fused-ring (bicyclic) bond motifs is 1. The number of rotatable bonds is 5. The highest BCUT2D eigenvalue weighted by molar-refractivity contribution is 6.30. The van der Waals surface area contributed by atoms with Crippen molar-refractivity contribution in [2.75, 3.05) is 31.5 Å². The molecule has 1 aliphatic rings. The van der Waals surface area contributed by atoms with Crippen molar-refractivity contribution >= 4 is 34.3 Å². The van der Waals surface area contributed by atoms with E-state index in [1.165, 1.54) is 0 Å². The summed E-state index contributed by atoms with van der Waals surface area (Å²) < 4.78 is 6.25. The Morgan fingerprint density at radius 1 is 1.03 bits per heavy atom. The molecule has 0 bridgehead atoms. The first-order valence-corrected chi connectivity index (χ1v) is 11.0. The second kappa shape index (κ2) is 9.12. The van der Waals surface area contributed by atoms with Crippen LogP contribution in [0, 0.1) is 0 Å². The van der Waals surface area contributed by atoms with E-state index in [2.05, 4.69) is 21.6 Å². The number of halogens is 1. The Kier molecular flexibility index (Phi) is 5.90. The fourth-order valence-corrected chi connectivity index (χ4v) is 4.06. The van der Waals surface area contributed by atoms with Gasteiger partial charge in [-0.1, -0.05) is 35.9 Å². The monoisotopic (exact) mass is 446 g/mol. The molecular formula is C25H23ClN4O2. The van der Waals surface area contributed by atoms with E-state index in [1.807, 2.05) is 36.4 Å². The van der Waals surface area contributed by atoms with E-state index in [0.717, 1.165) is 55.0 Å². The molecule has 6 nitrogen and oxygen atoms in total. The van der Waals surface area contributed by atoms with Crippen molar-refractivity contribution in [3.63, 3.8) is 0 Å². The summed E-state index contributed by atoms with van der Waals surface area (Å²) in [6.45, 7) is 4.84. The van der Waals surface area contributed by atoms with Crippen LogP contribution in [0.3, 0.4) is 0 Å². The van der Waals surface area contributed by atoms with E-state index < -0.39 is 0 Å². The quantitative estimate of drug-likeness (QED) is 0.460. The van der Waals surface area contributed by atoms with Crippen LogP contribution in [0.25, 0.3) is 22.6 Å². The minimum Gasteiger partial charge on any atom is -0.436 e. The predicted molar refractivity (Wildman–Crippen MR) is 127 cm³/mol. The molecule has 4 aromatic rings. The highest BCUT2D eigenvalue weighted by Gasteiger charge is 2.18. The molecule has 1 aromatic heterocycles. The van der Waals surface area contributed by atoms with Crippen LogP contribution in [0.5, 0.6) is 0 Å². The average Bonchev–Trinajstić information content (AvgIpc) is 3.26. The van der Waals surface area contributed by atoms with Crippen molar-refractivity contribution in [1.82, 2.24) is 15.2 Å². The van der Waals surface area contributed by atoms with Gasteiger partial charge in [0.2, 0.25) is 5.89 Å². The molecule has 2 N–H and O–H groups in total. The molecule has 0 saturated carbocycles. The first-order chi connectivity index (χ1) is 15.7. The number of hydrogen-bond acceptors (Lipinski definition) is 5. The molecule has 0 spiro atoms. The van der Waals surface area contributed by atoms with Gasteiger partial charge in [0.1, 0.15) is 5.52 Å². The maximum absolute atomic E-state index is 12.7. The van der Waals surface area contributed by atoms with E-state index >= 15 is 0 Å². The van der Waals surface area contributed by atoms with Gasteiger partial charge in [-0.25, -0.2) is 4.98 Å². The van der Waals surface area contributed by atoms with Gasteiger partial charge in [-0.2, -0.15) is 0 Å². The molecule has 32 heavy (non-hydrogen) atoms. The summed E-state index contributed by atoms with van der Waals surface area (Å²) in [5.41, 5.74) is 4.62. The van der Waals surface area contributed by atoms with Crippen LogP contribution in [0.4, 0.5) is 5.69 Å². The third-order valence-electron chi connectivity index (χ3n) is 5.61. The van der Waals surface area contributed by atoms with Gasteiger partial charge in [-0.05, 0) is 42.5 Å². The summed E-state index contributed by atoms with van der Waals surface area (Å²) in [7, 11) is 0. The Labute approximate surface area is 191 Å². The number of benzene rings is 3. The van der Waals surface area contributed by atoms with Crippen molar-refractivity contribution in [3.05, 3.63) is 82.9 Å². The molecule has 1 aliphatic heterocycles. The third kappa shape index (κ3) is 4.39. The molecule has 0 atom stereocenters. The predicted octanol–water partition coefficient (Wildman–Crippen LogP) is 4.81. The molecule has 5 rings (SSSR count). The Morgan fingerprint density at radius 3 is 2.62 bits per heavy atom. The Balaban J connectivity index is 1.44. The number of piperazine rings is 1. The van der Waals surface area contributed by atoms with Crippen LogP contribution in [-0.2, 0) is 6.54 Å². The lowest BCUT2D eigenvalue weighted by atomic mass is 10.1. The van der Waals surface area contributed by atoms with Crippen molar-refractivity contribution < 1.29 is 9.21 Å². The molecular weight excluding hydrogens is 424 g/mol. The van der Waals surface area contributed by atoms with Crippen LogP contribution in [0.1, 0.15) is 15.9 Å². The Hall–Kier alpha value is -3.19. The van der Waals surface area contributed by atoms with Gasteiger partial charge in [0.25, 0.3) is 5.91 Å². The highest BCUT2D eigenvalue weighted by atomic mass is 35.5. The smallest absolute Gasteiger partial charge is 0.255 e. The molecule has 0 unspecified atom stereocenters. The van der Waals surface area contributed by atoms with E-state index in [-0.39, 0.29) is 5.91 Å². The van der Waals surface area contributed by atoms with E-state index in [9.17, 15) is 4.79 Å². The normalized spacial score (nSPS) is 14.5. The van der Waals surface area contributed by atoms with Crippen molar-refractivity contribution in [1.29, 1.82) is 0 Å². The topological polar surface area (TPSA) is 70.4 Å². The molecule has 1 fully saturated rings. The van der Waals surface area contributed by atoms with Gasteiger partial charge in [0.05, 0.1) is 11.3 Å². The van der Waals surface area contributed by atoms with Gasteiger partial charge < -0.3 is 15.1 Å². The number of oxazole rings is 1. The molecule has 7 heteroatoms. The number of nitrogens with one attached hydrogen (secondary N) is 2. The number of amides is 1. The summed E-state index contributed by atoms with van der Waals surface area (Å²) in [5, 5.41) is 6.94. The zero-order chi connectivity index (χ0) is 21.9. The summed E-state index contributed by atoms with van der Waals surface area (Å²) in [6.07, 6.45) is 0. The average molecular weight is 447 g/mol. The molecule has 0 aliphatic carbocycles. The van der Waals surface area contributed by atoms with E-state index in [4.69, 9.17) is 21.0 Å². The van der Waals surface area contributed by atoms with Crippen LogP contribution < -0.4 is 10.6 Å². The van der Waals surface area contributed by atoms with Gasteiger partial charge in [0, 0.05) is 48.9 Å². The Morgan fingerprint density at radius 2 is 1.81 bits per heavy atom. The molecule has 1 amide bonds. The largest absolute Gasteiger partial charge is 0.436 e. The minimum atomic E-state index is -0.218. The maximum Gasteiger partial charge on any atom is 0.255 e. The summed E-state index contributed by atoms with van der Waals surface area (Å²) in [6, 6.07) is 20.4. The fourth-order valence-electron chi connectivity index (χ4n) is 3.93. The van der Waals surface area contributed by atoms with Gasteiger partial charge in [0.15, 0.2) is 5.58 Å². The van der Waals surface area contributed by atoms with E-state index in [1.54, 1.807) is 24.3 Å². The number of anilines is 1. The number of para-hydroxylation sites is 2. The molecule has 162 valence electrons. The van der Waals surface area contributed by atoms with Crippen LogP contribution in [-0.4, -0.2) is 42.0 Å². The fraction of sp³-hybridized carbons (Fsp3) is 0.200. The first-order valence-electron chi connectivity index (χ1n) is 10.7. The number of hydrogen-bond donors (Lipinski definition) is 2. The number of aromatic nitrogens is 1. The minimum absolute atomic E-state index is 0.218. The molecule has 3 aromatic carbocycles.